The van der Waals surface area contributed by atoms with Gasteiger partial charge in [0, 0.05) is 13.1 Å². The van der Waals surface area contributed by atoms with Gasteiger partial charge in [0.25, 0.3) is 0 Å². The maximum atomic E-state index is 11.2. The maximum absolute atomic E-state index is 11.2. The molecular weight excluding hydrogens is 226 g/mol. The van der Waals surface area contributed by atoms with E-state index in [2.05, 4.69) is 22.9 Å². The van der Waals surface area contributed by atoms with Crippen molar-refractivity contribution in [3.05, 3.63) is 0 Å². The highest BCUT2D eigenvalue weighted by molar-refractivity contribution is 7.80. The molecule has 0 aliphatic rings. The van der Waals surface area contributed by atoms with E-state index < -0.39 is 5.60 Å². The van der Waals surface area contributed by atoms with Gasteiger partial charge in [-0.05, 0) is 45.8 Å². The maximum Gasteiger partial charge on any atom is 0.407 e. The molecule has 0 aliphatic carbocycles. The molecule has 6 heteroatoms. The molecule has 0 saturated heterocycles. The van der Waals surface area contributed by atoms with Gasteiger partial charge in [-0.25, -0.2) is 4.79 Å². The third-order valence-corrected chi connectivity index (χ3v) is 1.72. The van der Waals surface area contributed by atoms with Gasteiger partial charge in [-0.1, -0.05) is 0 Å². The Kier molecular flexibility index (Phi) is 6.80. The van der Waals surface area contributed by atoms with E-state index >= 15 is 0 Å². The van der Waals surface area contributed by atoms with E-state index in [4.69, 9.17) is 10.5 Å². The van der Waals surface area contributed by atoms with Crippen molar-refractivity contribution >= 4 is 23.4 Å². The number of hydrogen-bond acceptors (Lipinski definition) is 3. The van der Waals surface area contributed by atoms with Gasteiger partial charge < -0.3 is 21.1 Å². The lowest BCUT2D eigenvalue weighted by Crippen LogP contribution is -2.33. The van der Waals surface area contributed by atoms with E-state index in [1.54, 1.807) is 0 Å². The number of nitrogens with one attached hydrogen (secondary N) is 2. The summed E-state index contributed by atoms with van der Waals surface area (Å²) in [6.07, 6.45) is 1.37. The second-order valence-electron chi connectivity index (χ2n) is 4.43. The molecule has 1 amide bonds. The van der Waals surface area contributed by atoms with Gasteiger partial charge in [-0.3, -0.25) is 0 Å². The molecule has 0 spiro atoms. The van der Waals surface area contributed by atoms with Gasteiger partial charge in [-0.15, -0.1) is 0 Å². The molecule has 16 heavy (non-hydrogen) atoms. The van der Waals surface area contributed by atoms with Crippen LogP contribution in [0.1, 0.15) is 33.6 Å². The van der Waals surface area contributed by atoms with Crippen LogP contribution in [0.2, 0.25) is 0 Å². The summed E-state index contributed by atoms with van der Waals surface area (Å²) in [5.74, 6) is 0. The van der Waals surface area contributed by atoms with Crippen LogP contribution in [0.5, 0.6) is 0 Å². The molecule has 0 atom stereocenters. The predicted molar refractivity (Wildman–Crippen MR) is 68.3 cm³/mol. The predicted octanol–water partition coefficient (Wildman–Crippen LogP) is 1.12. The van der Waals surface area contributed by atoms with Crippen LogP contribution in [0.25, 0.3) is 0 Å². The summed E-state index contributed by atoms with van der Waals surface area (Å²) >= 11 is 4.65. The fourth-order valence-corrected chi connectivity index (χ4v) is 1.07. The molecule has 0 bridgehead atoms. The monoisotopic (exact) mass is 247 g/mol. The first-order chi connectivity index (χ1) is 7.31. The number of amides is 1. The molecule has 0 unspecified atom stereocenters. The summed E-state index contributed by atoms with van der Waals surface area (Å²) in [6.45, 7) is 6.81. The van der Waals surface area contributed by atoms with Crippen LogP contribution in [-0.2, 0) is 4.74 Å². The molecule has 0 aromatic heterocycles. The Morgan fingerprint density at radius 2 is 1.75 bits per heavy atom. The van der Waals surface area contributed by atoms with Crippen molar-refractivity contribution in [2.24, 2.45) is 5.73 Å². The largest absolute Gasteiger partial charge is 0.444 e. The SMILES string of the molecule is CC(C)(C)OC(=O)NCCCCNC(N)=S. The fourth-order valence-electron chi connectivity index (χ4n) is 0.966. The Labute approximate surface area is 102 Å². The Hall–Kier alpha value is -1.04. The van der Waals surface area contributed by atoms with E-state index in [-0.39, 0.29) is 6.09 Å². The fraction of sp³-hybridized carbons (Fsp3) is 0.800. The number of rotatable bonds is 5. The van der Waals surface area contributed by atoms with Gasteiger partial charge in [0.1, 0.15) is 5.60 Å². The van der Waals surface area contributed by atoms with Crippen LogP contribution in [0.15, 0.2) is 0 Å². The average Bonchev–Trinajstić information content (AvgIpc) is 2.07. The first kappa shape index (κ1) is 15.0. The minimum Gasteiger partial charge on any atom is -0.444 e. The highest BCUT2D eigenvalue weighted by Crippen LogP contribution is 2.06. The molecule has 0 aromatic rings. The summed E-state index contributed by atoms with van der Waals surface area (Å²) < 4.78 is 5.08. The van der Waals surface area contributed by atoms with Gasteiger partial charge in [0.05, 0.1) is 0 Å². The van der Waals surface area contributed by atoms with E-state index in [0.717, 1.165) is 19.4 Å². The number of unbranched alkanes of at least 4 members (excludes halogenated alkanes) is 1. The van der Waals surface area contributed by atoms with Gasteiger partial charge in [0.2, 0.25) is 0 Å². The Balaban J connectivity index is 3.38. The number of ether oxygens (including phenoxy) is 1. The van der Waals surface area contributed by atoms with Crippen molar-refractivity contribution in [2.45, 2.75) is 39.2 Å². The zero-order valence-electron chi connectivity index (χ0n) is 10.1. The third kappa shape index (κ3) is 11.0. The van der Waals surface area contributed by atoms with E-state index in [9.17, 15) is 4.79 Å². The second-order valence-corrected chi connectivity index (χ2v) is 4.87. The number of hydrogen-bond donors (Lipinski definition) is 3. The molecule has 0 saturated carbocycles. The van der Waals surface area contributed by atoms with Crippen molar-refractivity contribution in [1.29, 1.82) is 0 Å². The molecule has 0 radical (unpaired) electrons. The molecule has 0 heterocycles. The minimum absolute atomic E-state index is 0.306. The summed E-state index contributed by atoms with van der Waals surface area (Å²) in [6, 6.07) is 0. The first-order valence-electron chi connectivity index (χ1n) is 5.31. The summed E-state index contributed by atoms with van der Waals surface area (Å²) in [5, 5.41) is 5.82. The number of carbonyl (C=O) groups is 1. The van der Waals surface area contributed by atoms with E-state index in [1.807, 2.05) is 20.8 Å². The van der Waals surface area contributed by atoms with Gasteiger partial charge >= 0.3 is 6.09 Å². The van der Waals surface area contributed by atoms with Crippen LogP contribution in [0.4, 0.5) is 4.79 Å². The zero-order valence-corrected chi connectivity index (χ0v) is 10.9. The number of alkyl carbamates (subject to hydrolysis) is 1. The van der Waals surface area contributed by atoms with Crippen molar-refractivity contribution in [3.63, 3.8) is 0 Å². The van der Waals surface area contributed by atoms with Gasteiger partial charge in [0.15, 0.2) is 5.11 Å². The summed E-state index contributed by atoms with van der Waals surface area (Å²) in [7, 11) is 0. The molecule has 0 aromatic carbocycles. The van der Waals surface area contributed by atoms with Crippen LogP contribution in [-0.4, -0.2) is 29.9 Å². The quantitative estimate of drug-likeness (QED) is 0.501. The molecule has 0 aliphatic heterocycles. The normalized spacial score (nSPS) is 10.7. The molecule has 4 N–H and O–H groups in total. The third-order valence-electron chi connectivity index (χ3n) is 1.57. The lowest BCUT2D eigenvalue weighted by molar-refractivity contribution is 0.0527. The molecule has 0 rings (SSSR count). The average molecular weight is 247 g/mol. The van der Waals surface area contributed by atoms with Crippen molar-refractivity contribution < 1.29 is 9.53 Å². The lowest BCUT2D eigenvalue weighted by Gasteiger charge is -2.19. The Bertz CT molecular complexity index is 239. The van der Waals surface area contributed by atoms with Crippen LogP contribution in [0.3, 0.4) is 0 Å². The molecule has 94 valence electrons. The Morgan fingerprint density at radius 3 is 2.19 bits per heavy atom. The lowest BCUT2D eigenvalue weighted by atomic mass is 10.2. The topological polar surface area (TPSA) is 76.4 Å². The molecule has 0 fully saturated rings. The summed E-state index contributed by atoms with van der Waals surface area (Å²) in [5.41, 5.74) is 4.81. The Morgan fingerprint density at radius 1 is 1.25 bits per heavy atom. The van der Waals surface area contributed by atoms with Crippen molar-refractivity contribution in [1.82, 2.24) is 10.6 Å². The standard InChI is InChI=1S/C10H21N3O2S/c1-10(2,3)15-9(14)13-7-5-4-6-12-8(11)16/h4-7H2,1-3H3,(H,13,14)(H3,11,12,16). The number of carbonyl (C=O) groups excluding carboxylic acids is 1. The first-order valence-corrected chi connectivity index (χ1v) is 5.72. The molecule has 5 nitrogen and oxygen atoms in total. The number of nitrogens with two attached hydrogens (primary N) is 1. The minimum atomic E-state index is -0.447. The van der Waals surface area contributed by atoms with Crippen LogP contribution in [0, 0.1) is 0 Å². The second kappa shape index (κ2) is 7.27. The van der Waals surface area contributed by atoms with Crippen molar-refractivity contribution in [2.75, 3.05) is 13.1 Å². The van der Waals surface area contributed by atoms with Crippen LogP contribution >= 0.6 is 12.2 Å². The van der Waals surface area contributed by atoms with Crippen molar-refractivity contribution in [3.8, 4) is 0 Å². The highest BCUT2D eigenvalue weighted by atomic mass is 32.1. The number of thiocarbonyl (C=S) groups is 1. The summed E-state index contributed by atoms with van der Waals surface area (Å²) in [4.78, 5) is 11.2. The van der Waals surface area contributed by atoms with E-state index in [0.29, 0.717) is 11.7 Å². The smallest absolute Gasteiger partial charge is 0.407 e. The van der Waals surface area contributed by atoms with Gasteiger partial charge in [-0.2, -0.15) is 0 Å². The highest BCUT2D eigenvalue weighted by Gasteiger charge is 2.15. The zero-order chi connectivity index (χ0) is 12.6. The van der Waals surface area contributed by atoms with Crippen LogP contribution < -0.4 is 16.4 Å². The molecular formula is C10H21N3O2S. The van der Waals surface area contributed by atoms with E-state index in [1.165, 1.54) is 0 Å².